The van der Waals surface area contributed by atoms with E-state index in [1.807, 2.05) is 24.3 Å². The van der Waals surface area contributed by atoms with E-state index in [0.29, 0.717) is 39.9 Å². The molecule has 6 rings (SSSR count). The number of amides is 1. The lowest BCUT2D eigenvalue weighted by molar-refractivity contribution is 0.0785. The molecule has 4 aromatic carbocycles. The lowest BCUT2D eigenvalue weighted by Gasteiger charge is -2.20. The van der Waals surface area contributed by atoms with Crippen LogP contribution in [0.3, 0.4) is 0 Å². The summed E-state index contributed by atoms with van der Waals surface area (Å²) < 4.78 is 15.3. The number of para-hydroxylation sites is 1. The number of rotatable bonds is 4. The van der Waals surface area contributed by atoms with Crippen LogP contribution in [0.5, 0.6) is 0 Å². The number of nitrogens with zero attached hydrogens (tertiary/aromatic N) is 1. The molecule has 0 saturated carbocycles. The molecule has 0 unspecified atom stereocenters. The van der Waals surface area contributed by atoms with Gasteiger partial charge >= 0.3 is 5.69 Å². The fourth-order valence-electron chi connectivity index (χ4n) is 5.77. The van der Waals surface area contributed by atoms with Crippen molar-refractivity contribution >= 4 is 28.4 Å². The van der Waals surface area contributed by atoms with Crippen molar-refractivity contribution in [3.8, 4) is 27.9 Å². The van der Waals surface area contributed by atoms with Crippen LogP contribution in [0.2, 0.25) is 5.02 Å². The molecule has 0 bridgehead atoms. The highest BCUT2D eigenvalue weighted by molar-refractivity contribution is 6.35. The van der Waals surface area contributed by atoms with Gasteiger partial charge in [-0.2, -0.15) is 0 Å². The molecule has 0 radical (unpaired) electrons. The number of H-pyrrole nitrogens is 1. The molecular weight excluding hydrogens is 545 g/mol. The fraction of sp³-hybridized carbons (Fsp3) is 0.156. The summed E-state index contributed by atoms with van der Waals surface area (Å²) in [6, 6.07) is 16.4. The first-order valence-corrected chi connectivity index (χ1v) is 13.3. The van der Waals surface area contributed by atoms with Crippen molar-refractivity contribution in [2.24, 2.45) is 5.73 Å². The summed E-state index contributed by atoms with van der Waals surface area (Å²) >= 11 is 6.86. The van der Waals surface area contributed by atoms with Crippen LogP contribution < -0.4 is 17.0 Å². The Labute approximate surface area is 238 Å². The molecule has 5 aromatic rings. The Bertz CT molecular complexity index is 2070. The first kappa shape index (κ1) is 26.7. The van der Waals surface area contributed by atoms with Gasteiger partial charge in [-0.3, -0.25) is 9.59 Å². The Morgan fingerprint density at radius 2 is 1.78 bits per heavy atom. The van der Waals surface area contributed by atoms with Crippen LogP contribution in [-0.4, -0.2) is 20.6 Å². The van der Waals surface area contributed by atoms with Gasteiger partial charge in [0.25, 0.3) is 5.56 Å². The van der Waals surface area contributed by atoms with Crippen molar-refractivity contribution < 1.29 is 14.3 Å². The van der Waals surface area contributed by atoms with Gasteiger partial charge in [-0.1, -0.05) is 48.0 Å². The van der Waals surface area contributed by atoms with E-state index in [1.54, 1.807) is 39.0 Å². The lowest BCUT2D eigenvalue weighted by Crippen LogP contribution is -2.34. The van der Waals surface area contributed by atoms with E-state index < -0.39 is 28.6 Å². The number of hydrogen-bond acceptors (Lipinski definition) is 4. The molecule has 206 valence electrons. The smallest absolute Gasteiger partial charge is 0.333 e. The molecule has 1 aliphatic carbocycles. The number of benzene rings is 4. The maximum absolute atomic E-state index is 14.3. The summed E-state index contributed by atoms with van der Waals surface area (Å²) in [6.45, 7) is 5.17. The Morgan fingerprint density at radius 1 is 1.05 bits per heavy atom. The highest BCUT2D eigenvalue weighted by Crippen LogP contribution is 2.49. The number of aromatic amines is 1. The predicted octanol–water partition coefficient (Wildman–Crippen LogP) is 5.34. The average Bonchev–Trinajstić information content (AvgIpc) is 3.28. The molecule has 1 aliphatic rings. The van der Waals surface area contributed by atoms with Crippen molar-refractivity contribution in [2.45, 2.75) is 32.8 Å². The van der Waals surface area contributed by atoms with Crippen molar-refractivity contribution in [1.82, 2.24) is 9.55 Å². The molecule has 1 aromatic heterocycles. The minimum atomic E-state index is -1.06. The summed E-state index contributed by atoms with van der Waals surface area (Å²) in [7, 11) is 0. The predicted molar refractivity (Wildman–Crippen MR) is 157 cm³/mol. The van der Waals surface area contributed by atoms with E-state index in [-0.39, 0.29) is 15.9 Å². The van der Waals surface area contributed by atoms with Crippen LogP contribution >= 0.6 is 11.6 Å². The number of carbonyl (C=O) groups is 1. The molecule has 0 fully saturated rings. The quantitative estimate of drug-likeness (QED) is 0.265. The monoisotopic (exact) mass is 569 g/mol. The number of carbonyl (C=O) groups excluding carboxylic acids is 1. The third-order valence-corrected chi connectivity index (χ3v) is 8.10. The SMILES string of the molecule is Cc1c(-c2c(Cl)cc(C(N)=O)c3c2-c2ccc(C(C)(C)O)cc2C3)cccc1-n1c(=O)[nH]c2c(F)cccc2c1=O. The van der Waals surface area contributed by atoms with Gasteiger partial charge in [0.1, 0.15) is 5.82 Å². The zero-order valence-electron chi connectivity index (χ0n) is 22.4. The van der Waals surface area contributed by atoms with Gasteiger partial charge in [-0.05, 0) is 90.4 Å². The topological polar surface area (TPSA) is 118 Å². The largest absolute Gasteiger partial charge is 0.386 e. The molecule has 4 N–H and O–H groups in total. The van der Waals surface area contributed by atoms with Crippen LogP contribution in [0.1, 0.15) is 46.5 Å². The normalized spacial score (nSPS) is 12.4. The minimum absolute atomic E-state index is 0.0377. The third-order valence-electron chi connectivity index (χ3n) is 7.80. The molecule has 1 amide bonds. The standard InChI is InChI=1S/C32H25ClFN3O4/c1-15-18(6-5-9-25(15)37-30(39)20-7-4-8-24(34)28(20)36-31(37)40)27-23(33)14-22(29(35)38)21-13-16-12-17(32(2,3)41)10-11-19(16)26(21)27/h4-12,14,41H,13H2,1-3H3,(H2,35,38)(H,36,40). The van der Waals surface area contributed by atoms with Gasteiger partial charge in [0, 0.05) is 16.1 Å². The Balaban J connectivity index is 1.64. The summed E-state index contributed by atoms with van der Waals surface area (Å²) in [5.74, 6) is -1.31. The van der Waals surface area contributed by atoms with Crippen LogP contribution in [0.15, 0.2) is 70.3 Å². The van der Waals surface area contributed by atoms with E-state index >= 15 is 0 Å². The van der Waals surface area contributed by atoms with Crippen molar-refractivity contribution in [3.05, 3.63) is 120 Å². The second kappa shape index (κ2) is 9.26. The number of halogens is 2. The summed E-state index contributed by atoms with van der Waals surface area (Å²) in [6.07, 6.45) is 0.408. The molecule has 41 heavy (non-hydrogen) atoms. The number of nitrogens with one attached hydrogen (secondary N) is 1. The Kier molecular flexibility index (Phi) is 6.02. The van der Waals surface area contributed by atoms with Gasteiger partial charge in [0.15, 0.2) is 0 Å². The number of hydrogen-bond donors (Lipinski definition) is 3. The van der Waals surface area contributed by atoms with E-state index in [0.717, 1.165) is 26.8 Å². The van der Waals surface area contributed by atoms with Crippen molar-refractivity contribution in [3.63, 3.8) is 0 Å². The highest BCUT2D eigenvalue weighted by atomic mass is 35.5. The van der Waals surface area contributed by atoms with Crippen LogP contribution in [-0.2, 0) is 12.0 Å². The Morgan fingerprint density at radius 3 is 2.49 bits per heavy atom. The maximum atomic E-state index is 14.3. The summed E-state index contributed by atoms with van der Waals surface area (Å²) in [5.41, 5.74) is 9.45. The molecule has 0 atom stereocenters. The second-order valence-electron chi connectivity index (χ2n) is 10.8. The highest BCUT2D eigenvalue weighted by Gasteiger charge is 2.31. The van der Waals surface area contributed by atoms with Crippen LogP contribution in [0, 0.1) is 12.7 Å². The number of aromatic nitrogens is 2. The molecular formula is C32H25ClFN3O4. The van der Waals surface area contributed by atoms with Crippen molar-refractivity contribution in [1.29, 1.82) is 0 Å². The molecule has 0 aliphatic heterocycles. The van der Waals surface area contributed by atoms with Gasteiger partial charge in [-0.15, -0.1) is 0 Å². The number of fused-ring (bicyclic) bond motifs is 4. The van der Waals surface area contributed by atoms with Gasteiger partial charge in [-0.25, -0.2) is 13.8 Å². The van der Waals surface area contributed by atoms with Gasteiger partial charge < -0.3 is 15.8 Å². The van der Waals surface area contributed by atoms with Crippen LogP contribution in [0.25, 0.3) is 38.8 Å². The summed E-state index contributed by atoms with van der Waals surface area (Å²) in [5, 5.41) is 10.9. The zero-order valence-corrected chi connectivity index (χ0v) is 23.2. The number of primary amides is 1. The molecule has 1 heterocycles. The first-order chi connectivity index (χ1) is 19.4. The lowest BCUT2D eigenvalue weighted by atomic mass is 9.88. The molecule has 9 heteroatoms. The fourth-order valence-corrected chi connectivity index (χ4v) is 6.08. The summed E-state index contributed by atoms with van der Waals surface area (Å²) in [4.78, 5) is 41.5. The zero-order chi connectivity index (χ0) is 29.4. The van der Waals surface area contributed by atoms with Crippen molar-refractivity contribution in [2.75, 3.05) is 0 Å². The average molecular weight is 570 g/mol. The molecule has 0 spiro atoms. The molecule has 7 nitrogen and oxygen atoms in total. The number of nitrogens with two attached hydrogens (primary N) is 1. The second-order valence-corrected chi connectivity index (χ2v) is 11.2. The maximum Gasteiger partial charge on any atom is 0.333 e. The third kappa shape index (κ3) is 4.10. The van der Waals surface area contributed by atoms with E-state index in [9.17, 15) is 23.9 Å². The molecule has 0 saturated heterocycles. The van der Waals surface area contributed by atoms with E-state index in [2.05, 4.69) is 4.98 Å². The van der Waals surface area contributed by atoms with Gasteiger partial charge in [0.05, 0.1) is 22.2 Å². The van der Waals surface area contributed by atoms with Gasteiger partial charge in [0.2, 0.25) is 5.91 Å². The number of aliphatic hydroxyl groups is 1. The van der Waals surface area contributed by atoms with E-state index in [1.165, 1.54) is 18.2 Å². The first-order valence-electron chi connectivity index (χ1n) is 12.9. The van der Waals surface area contributed by atoms with Crippen LogP contribution in [0.4, 0.5) is 4.39 Å². The minimum Gasteiger partial charge on any atom is -0.386 e. The Hall–Kier alpha value is -4.53. The van der Waals surface area contributed by atoms with E-state index in [4.69, 9.17) is 17.3 Å².